The third kappa shape index (κ3) is 2.56. The highest BCUT2D eigenvalue weighted by Gasteiger charge is 2.30. The van der Waals surface area contributed by atoms with E-state index in [4.69, 9.17) is 5.73 Å². The molecule has 0 amide bonds. The second-order valence-electron chi connectivity index (χ2n) is 4.57. The van der Waals surface area contributed by atoms with E-state index in [-0.39, 0.29) is 17.5 Å². The molecule has 1 aliphatic heterocycles. The second-order valence-corrected chi connectivity index (χ2v) is 9.27. The Morgan fingerprint density at radius 2 is 2.26 bits per heavy atom. The molecule has 0 aliphatic carbocycles. The summed E-state index contributed by atoms with van der Waals surface area (Å²) in [5.41, 5.74) is 7.28. The molecule has 2 N–H and O–H groups in total. The van der Waals surface area contributed by atoms with Crippen molar-refractivity contribution in [3.05, 3.63) is 22.1 Å². The van der Waals surface area contributed by atoms with Gasteiger partial charge in [0.15, 0.2) is 9.84 Å². The summed E-state index contributed by atoms with van der Waals surface area (Å²) in [7, 11) is -2.91. The topological polar surface area (TPSA) is 78.0 Å². The number of hydrogen-bond acceptors (Lipinski definition) is 5. The largest absolute Gasteiger partial charge is 0.396 e. The Morgan fingerprint density at radius 3 is 2.84 bits per heavy atom. The van der Waals surface area contributed by atoms with Gasteiger partial charge in [-0.25, -0.2) is 8.42 Å². The highest BCUT2D eigenvalue weighted by atomic mass is 79.9. The molecule has 0 saturated carbocycles. The van der Waals surface area contributed by atoms with Gasteiger partial charge in [-0.3, -0.25) is 4.68 Å². The molecule has 0 spiro atoms. The van der Waals surface area contributed by atoms with Gasteiger partial charge >= 0.3 is 0 Å². The quantitative estimate of drug-likeness (QED) is 0.889. The maximum absolute atomic E-state index is 11.5. The number of sulfone groups is 1. The summed E-state index contributed by atoms with van der Waals surface area (Å²) in [5, 5.41) is 4.46. The molecule has 1 saturated heterocycles. The average molecular weight is 362 g/mol. The SMILES string of the molecule is Nc1cn(C2CCS(=O)(=O)C2)nc1-c1ccc(Br)s1. The van der Waals surface area contributed by atoms with E-state index in [9.17, 15) is 8.42 Å². The van der Waals surface area contributed by atoms with Crippen LogP contribution in [0.5, 0.6) is 0 Å². The van der Waals surface area contributed by atoms with Gasteiger partial charge in [0.25, 0.3) is 0 Å². The number of nitrogen functional groups attached to an aromatic ring is 1. The zero-order valence-electron chi connectivity index (χ0n) is 9.91. The van der Waals surface area contributed by atoms with Crippen LogP contribution in [0.4, 0.5) is 5.69 Å². The first-order valence-corrected chi connectivity index (χ1v) is 9.18. The molecule has 2 aromatic rings. The van der Waals surface area contributed by atoms with Crippen molar-refractivity contribution in [1.82, 2.24) is 9.78 Å². The van der Waals surface area contributed by atoms with Gasteiger partial charge in [-0.05, 0) is 34.5 Å². The van der Waals surface area contributed by atoms with Crippen LogP contribution in [0.3, 0.4) is 0 Å². The fourth-order valence-electron chi connectivity index (χ4n) is 2.21. The molecule has 0 bridgehead atoms. The molecule has 102 valence electrons. The van der Waals surface area contributed by atoms with E-state index in [1.165, 1.54) is 0 Å². The van der Waals surface area contributed by atoms with E-state index in [1.807, 2.05) is 12.1 Å². The van der Waals surface area contributed by atoms with Crippen LogP contribution in [0.15, 0.2) is 22.1 Å². The van der Waals surface area contributed by atoms with Crippen LogP contribution in [0.25, 0.3) is 10.6 Å². The lowest BCUT2D eigenvalue weighted by Gasteiger charge is -2.06. The fraction of sp³-hybridized carbons (Fsp3) is 0.364. The summed E-state index contributed by atoms with van der Waals surface area (Å²) in [5.74, 6) is 0.388. The van der Waals surface area contributed by atoms with Crippen LogP contribution in [-0.2, 0) is 9.84 Å². The van der Waals surface area contributed by atoms with E-state index in [2.05, 4.69) is 21.0 Å². The first kappa shape index (κ1) is 13.1. The summed E-state index contributed by atoms with van der Waals surface area (Å²) in [6.07, 6.45) is 2.34. The minimum absolute atomic E-state index is 0.0931. The maximum atomic E-state index is 11.5. The van der Waals surface area contributed by atoms with Crippen molar-refractivity contribution in [3.8, 4) is 10.6 Å². The Balaban J connectivity index is 1.94. The second kappa shape index (κ2) is 4.60. The van der Waals surface area contributed by atoms with Crippen LogP contribution < -0.4 is 5.73 Å². The van der Waals surface area contributed by atoms with Crippen molar-refractivity contribution >= 4 is 42.8 Å². The number of hydrogen-bond donors (Lipinski definition) is 1. The molecule has 5 nitrogen and oxygen atoms in total. The number of aromatic nitrogens is 2. The predicted octanol–water partition coefficient (Wildman–Crippen LogP) is 2.32. The molecule has 19 heavy (non-hydrogen) atoms. The Morgan fingerprint density at radius 1 is 1.47 bits per heavy atom. The normalized spacial score (nSPS) is 21.8. The summed E-state index contributed by atoms with van der Waals surface area (Å²) in [4.78, 5) is 0.976. The van der Waals surface area contributed by atoms with Gasteiger partial charge in [0.05, 0.1) is 31.9 Å². The number of anilines is 1. The number of thiophene rings is 1. The van der Waals surface area contributed by atoms with Gasteiger partial charge in [0.1, 0.15) is 5.69 Å². The smallest absolute Gasteiger partial charge is 0.152 e. The first-order chi connectivity index (χ1) is 8.94. The zero-order valence-corrected chi connectivity index (χ0v) is 13.1. The minimum atomic E-state index is -2.91. The van der Waals surface area contributed by atoms with E-state index in [0.29, 0.717) is 12.1 Å². The third-order valence-electron chi connectivity index (χ3n) is 3.15. The molecule has 3 rings (SSSR count). The van der Waals surface area contributed by atoms with Gasteiger partial charge in [-0.15, -0.1) is 11.3 Å². The maximum Gasteiger partial charge on any atom is 0.152 e. The lowest BCUT2D eigenvalue weighted by atomic mass is 10.3. The van der Waals surface area contributed by atoms with E-state index in [0.717, 1.165) is 14.4 Å². The summed E-state index contributed by atoms with van der Waals surface area (Å²) in [6, 6.07) is 3.80. The molecule has 8 heteroatoms. The molecule has 3 heterocycles. The Bertz CT molecular complexity index is 720. The van der Waals surface area contributed by atoms with Crippen LogP contribution in [0.1, 0.15) is 12.5 Å². The minimum Gasteiger partial charge on any atom is -0.396 e. The lowest BCUT2D eigenvalue weighted by molar-refractivity contribution is 0.501. The number of rotatable bonds is 2. The van der Waals surface area contributed by atoms with Crippen LogP contribution >= 0.6 is 27.3 Å². The molecule has 1 atom stereocenters. The van der Waals surface area contributed by atoms with Crippen LogP contribution in [0, 0.1) is 0 Å². The van der Waals surface area contributed by atoms with Gasteiger partial charge < -0.3 is 5.73 Å². The summed E-state index contributed by atoms with van der Waals surface area (Å²) in [6.45, 7) is 0. The molecular formula is C11H12BrN3O2S2. The zero-order chi connectivity index (χ0) is 13.6. The molecular weight excluding hydrogens is 350 g/mol. The number of nitrogens with zero attached hydrogens (tertiary/aromatic N) is 2. The van der Waals surface area contributed by atoms with E-state index < -0.39 is 9.84 Å². The van der Waals surface area contributed by atoms with Gasteiger partial charge in [-0.2, -0.15) is 5.10 Å². The first-order valence-electron chi connectivity index (χ1n) is 5.75. The molecule has 1 aliphatic rings. The number of halogens is 1. The fourth-order valence-corrected chi connectivity index (χ4v) is 5.31. The highest BCUT2D eigenvalue weighted by Crippen LogP contribution is 2.35. The number of nitrogens with two attached hydrogens (primary N) is 1. The standard InChI is InChI=1S/C11H12BrN3O2S2/c12-10-2-1-9(18-10)11-8(13)5-15(14-11)7-3-4-19(16,17)6-7/h1-2,5,7H,3-4,6,13H2. The summed E-state index contributed by atoms with van der Waals surface area (Å²) >= 11 is 4.96. The van der Waals surface area contributed by atoms with Crippen molar-refractivity contribution < 1.29 is 8.42 Å². The predicted molar refractivity (Wildman–Crippen MR) is 80.0 cm³/mol. The Hall–Kier alpha value is -0.860. The third-order valence-corrected chi connectivity index (χ3v) is 6.53. The Labute approximate surface area is 123 Å². The van der Waals surface area contributed by atoms with E-state index >= 15 is 0 Å². The van der Waals surface area contributed by atoms with Crippen molar-refractivity contribution in [3.63, 3.8) is 0 Å². The van der Waals surface area contributed by atoms with E-state index in [1.54, 1.807) is 22.2 Å². The highest BCUT2D eigenvalue weighted by molar-refractivity contribution is 9.11. The van der Waals surface area contributed by atoms with Gasteiger partial charge in [-0.1, -0.05) is 0 Å². The molecule has 1 fully saturated rings. The van der Waals surface area contributed by atoms with Crippen LogP contribution in [-0.4, -0.2) is 29.7 Å². The van der Waals surface area contributed by atoms with Crippen molar-refractivity contribution in [2.75, 3.05) is 17.2 Å². The molecule has 2 aromatic heterocycles. The van der Waals surface area contributed by atoms with Crippen LogP contribution in [0.2, 0.25) is 0 Å². The molecule has 0 radical (unpaired) electrons. The van der Waals surface area contributed by atoms with Gasteiger partial charge in [0.2, 0.25) is 0 Å². The molecule has 1 unspecified atom stereocenters. The summed E-state index contributed by atoms with van der Waals surface area (Å²) < 4.78 is 25.7. The lowest BCUT2D eigenvalue weighted by Crippen LogP contribution is -2.11. The van der Waals surface area contributed by atoms with Crippen molar-refractivity contribution in [1.29, 1.82) is 0 Å². The molecule has 0 aromatic carbocycles. The monoisotopic (exact) mass is 361 g/mol. The van der Waals surface area contributed by atoms with Crippen molar-refractivity contribution in [2.45, 2.75) is 12.5 Å². The Kier molecular flexibility index (Phi) is 3.18. The average Bonchev–Trinajstić information content (AvgIpc) is 2.98. The van der Waals surface area contributed by atoms with Gasteiger partial charge in [0, 0.05) is 6.20 Å². The van der Waals surface area contributed by atoms with Crippen molar-refractivity contribution in [2.24, 2.45) is 0 Å².